The maximum atomic E-state index is 13.5. The number of rotatable bonds is 4. The number of carbonyl (C=O) groups excluding carboxylic acids is 1. The molecule has 0 unspecified atom stereocenters. The van der Waals surface area contributed by atoms with E-state index < -0.39 is 29.2 Å². The molecule has 0 aliphatic rings. The first-order valence-electron chi connectivity index (χ1n) is 6.68. The van der Waals surface area contributed by atoms with E-state index in [1.807, 2.05) is 5.43 Å². The summed E-state index contributed by atoms with van der Waals surface area (Å²) < 4.78 is 53.0. The number of amides is 1. The standard InChI is InChI=1S/C15H12F4N4O/c1-7(9-4-3-5-10(6-9)20-8(2)24)22-23-13-11(16)14(18)21-15(19)12(13)17/h3-6H,1-2H3,(H,20,24)(H,21,23)/b22-7-. The van der Waals surface area contributed by atoms with Gasteiger partial charge in [-0.05, 0) is 24.6 Å². The molecule has 2 N–H and O–H groups in total. The molecule has 0 bridgehead atoms. The van der Waals surface area contributed by atoms with Crippen LogP contribution in [0, 0.1) is 23.5 Å². The Hall–Kier alpha value is -2.97. The van der Waals surface area contributed by atoms with Crippen LogP contribution < -0.4 is 10.7 Å². The highest BCUT2D eigenvalue weighted by atomic mass is 19.2. The fourth-order valence-electron chi connectivity index (χ4n) is 1.81. The van der Waals surface area contributed by atoms with Gasteiger partial charge >= 0.3 is 0 Å². The smallest absolute Gasteiger partial charge is 0.254 e. The summed E-state index contributed by atoms with van der Waals surface area (Å²) >= 11 is 0. The third kappa shape index (κ3) is 3.86. The lowest BCUT2D eigenvalue weighted by Crippen LogP contribution is -2.09. The minimum absolute atomic E-state index is 0.263. The Balaban J connectivity index is 2.29. The van der Waals surface area contributed by atoms with E-state index in [-0.39, 0.29) is 11.6 Å². The summed E-state index contributed by atoms with van der Waals surface area (Å²) in [4.78, 5) is 13.5. The molecule has 1 aromatic heterocycles. The number of halogens is 4. The second kappa shape index (κ2) is 7.07. The van der Waals surface area contributed by atoms with E-state index in [0.717, 1.165) is 0 Å². The molecule has 0 aliphatic heterocycles. The predicted octanol–water partition coefficient (Wildman–Crippen LogP) is 3.43. The zero-order chi connectivity index (χ0) is 17.9. The second-order valence-electron chi connectivity index (χ2n) is 4.77. The SMILES string of the molecule is CC(=O)Nc1cccc(/C(C)=N\Nc2c(F)c(F)nc(F)c2F)c1. The van der Waals surface area contributed by atoms with Gasteiger partial charge in [-0.2, -0.15) is 27.6 Å². The molecule has 0 saturated heterocycles. The summed E-state index contributed by atoms with van der Waals surface area (Å²) in [5, 5.41) is 6.27. The monoisotopic (exact) mass is 340 g/mol. The summed E-state index contributed by atoms with van der Waals surface area (Å²) in [5.41, 5.74) is 2.14. The molecule has 9 heteroatoms. The molecule has 5 nitrogen and oxygen atoms in total. The summed E-state index contributed by atoms with van der Waals surface area (Å²) in [5.74, 6) is -7.20. The Morgan fingerprint density at radius 3 is 2.29 bits per heavy atom. The number of hydrogen-bond acceptors (Lipinski definition) is 4. The maximum Gasteiger partial charge on any atom is 0.254 e. The van der Waals surface area contributed by atoms with Crippen LogP contribution >= 0.6 is 0 Å². The van der Waals surface area contributed by atoms with Gasteiger partial charge < -0.3 is 5.32 Å². The van der Waals surface area contributed by atoms with Gasteiger partial charge in [0.1, 0.15) is 5.69 Å². The fraction of sp³-hybridized carbons (Fsp3) is 0.133. The maximum absolute atomic E-state index is 13.5. The molecule has 1 aromatic carbocycles. The van der Waals surface area contributed by atoms with Gasteiger partial charge in [0.2, 0.25) is 17.5 Å². The molecule has 126 valence electrons. The van der Waals surface area contributed by atoms with E-state index in [4.69, 9.17) is 0 Å². The molecule has 2 rings (SSSR count). The van der Waals surface area contributed by atoms with Crippen LogP contribution in [0.25, 0.3) is 0 Å². The number of nitrogens with zero attached hydrogens (tertiary/aromatic N) is 2. The fourth-order valence-corrected chi connectivity index (χ4v) is 1.81. The lowest BCUT2D eigenvalue weighted by Gasteiger charge is -2.08. The first-order chi connectivity index (χ1) is 11.3. The molecule has 0 atom stereocenters. The number of hydrogen-bond donors (Lipinski definition) is 2. The summed E-state index contributed by atoms with van der Waals surface area (Å²) in [6, 6.07) is 6.47. The highest BCUT2D eigenvalue weighted by molar-refractivity contribution is 6.00. The topological polar surface area (TPSA) is 66.4 Å². The Labute approximate surface area is 134 Å². The third-order valence-corrected chi connectivity index (χ3v) is 2.93. The molecule has 1 amide bonds. The molecule has 0 aliphatic carbocycles. The Kier molecular flexibility index (Phi) is 5.12. The van der Waals surface area contributed by atoms with Crippen molar-refractivity contribution in [3.8, 4) is 0 Å². The average Bonchev–Trinajstić information content (AvgIpc) is 2.52. The Morgan fingerprint density at radius 2 is 1.71 bits per heavy atom. The molecular weight excluding hydrogens is 328 g/mol. The number of pyridine rings is 1. The number of anilines is 2. The number of benzene rings is 1. The predicted molar refractivity (Wildman–Crippen MR) is 80.6 cm³/mol. The van der Waals surface area contributed by atoms with Crippen molar-refractivity contribution in [2.75, 3.05) is 10.7 Å². The van der Waals surface area contributed by atoms with Gasteiger partial charge in [0.15, 0.2) is 0 Å². The van der Waals surface area contributed by atoms with E-state index in [1.54, 1.807) is 24.3 Å². The lowest BCUT2D eigenvalue weighted by atomic mass is 10.1. The van der Waals surface area contributed by atoms with Gasteiger partial charge in [-0.3, -0.25) is 10.2 Å². The highest BCUT2D eigenvalue weighted by Crippen LogP contribution is 2.22. The van der Waals surface area contributed by atoms with E-state index in [9.17, 15) is 22.4 Å². The molecule has 0 spiro atoms. The van der Waals surface area contributed by atoms with Crippen molar-refractivity contribution in [2.24, 2.45) is 5.10 Å². The number of carbonyl (C=O) groups is 1. The van der Waals surface area contributed by atoms with Crippen LogP contribution in [-0.2, 0) is 4.79 Å². The average molecular weight is 340 g/mol. The van der Waals surface area contributed by atoms with E-state index >= 15 is 0 Å². The highest BCUT2D eigenvalue weighted by Gasteiger charge is 2.20. The summed E-state index contributed by atoms with van der Waals surface area (Å²) in [6.45, 7) is 2.84. The van der Waals surface area contributed by atoms with Gasteiger partial charge in [-0.1, -0.05) is 12.1 Å². The Bertz CT molecular complexity index is 797. The van der Waals surface area contributed by atoms with Crippen molar-refractivity contribution >= 4 is 23.0 Å². The van der Waals surface area contributed by atoms with Crippen LogP contribution in [0.15, 0.2) is 29.4 Å². The lowest BCUT2D eigenvalue weighted by molar-refractivity contribution is -0.114. The van der Waals surface area contributed by atoms with Gasteiger partial charge in [0, 0.05) is 12.6 Å². The molecule has 2 aromatic rings. The van der Waals surface area contributed by atoms with Gasteiger partial charge in [-0.25, -0.2) is 0 Å². The molecule has 0 radical (unpaired) electrons. The third-order valence-electron chi connectivity index (χ3n) is 2.93. The molecule has 1 heterocycles. The van der Waals surface area contributed by atoms with Crippen molar-refractivity contribution in [1.29, 1.82) is 0 Å². The van der Waals surface area contributed by atoms with Crippen LogP contribution in [-0.4, -0.2) is 16.6 Å². The van der Waals surface area contributed by atoms with Crippen LogP contribution in [0.1, 0.15) is 19.4 Å². The van der Waals surface area contributed by atoms with E-state index in [2.05, 4.69) is 15.4 Å². The first-order valence-corrected chi connectivity index (χ1v) is 6.68. The number of nitrogens with one attached hydrogen (secondary N) is 2. The zero-order valence-corrected chi connectivity index (χ0v) is 12.6. The first kappa shape index (κ1) is 17.4. The normalized spacial score (nSPS) is 11.3. The van der Waals surface area contributed by atoms with Crippen molar-refractivity contribution in [2.45, 2.75) is 13.8 Å². The van der Waals surface area contributed by atoms with Gasteiger partial charge in [0.05, 0.1) is 5.71 Å². The minimum Gasteiger partial charge on any atom is -0.326 e. The number of hydrazone groups is 1. The largest absolute Gasteiger partial charge is 0.326 e. The molecule has 0 fully saturated rings. The zero-order valence-electron chi connectivity index (χ0n) is 12.6. The van der Waals surface area contributed by atoms with Crippen molar-refractivity contribution in [1.82, 2.24) is 4.98 Å². The minimum atomic E-state index is -1.78. The van der Waals surface area contributed by atoms with Gasteiger partial charge in [-0.15, -0.1) is 0 Å². The van der Waals surface area contributed by atoms with E-state index in [1.165, 1.54) is 13.8 Å². The van der Waals surface area contributed by atoms with Crippen LogP contribution in [0.2, 0.25) is 0 Å². The van der Waals surface area contributed by atoms with Crippen LogP contribution in [0.5, 0.6) is 0 Å². The van der Waals surface area contributed by atoms with Gasteiger partial charge in [0.25, 0.3) is 11.9 Å². The van der Waals surface area contributed by atoms with Crippen LogP contribution in [0.4, 0.5) is 28.9 Å². The summed E-state index contributed by atoms with van der Waals surface area (Å²) in [7, 11) is 0. The second-order valence-corrected chi connectivity index (χ2v) is 4.77. The van der Waals surface area contributed by atoms with E-state index in [0.29, 0.717) is 11.3 Å². The molecule has 24 heavy (non-hydrogen) atoms. The molecular formula is C15H12F4N4O. The van der Waals surface area contributed by atoms with Crippen LogP contribution in [0.3, 0.4) is 0 Å². The van der Waals surface area contributed by atoms with Crippen molar-refractivity contribution < 1.29 is 22.4 Å². The van der Waals surface area contributed by atoms with Crippen molar-refractivity contribution in [3.05, 3.63) is 53.4 Å². The quantitative estimate of drug-likeness (QED) is 0.388. The van der Waals surface area contributed by atoms with Crippen molar-refractivity contribution in [3.63, 3.8) is 0 Å². The Morgan fingerprint density at radius 1 is 1.08 bits per heavy atom. The summed E-state index contributed by atoms with van der Waals surface area (Å²) in [6.07, 6.45) is 0. The molecule has 0 saturated carbocycles. The number of aromatic nitrogens is 1.